The van der Waals surface area contributed by atoms with E-state index in [0.717, 1.165) is 29.7 Å². The molecule has 2 aliphatic rings. The predicted molar refractivity (Wildman–Crippen MR) is 63.3 cm³/mol. The molecule has 0 saturated heterocycles. The van der Waals surface area contributed by atoms with Gasteiger partial charge in [0.15, 0.2) is 5.78 Å². The van der Waals surface area contributed by atoms with Crippen molar-refractivity contribution in [2.24, 2.45) is 0 Å². The molecule has 0 aromatic carbocycles. The lowest BCUT2D eigenvalue weighted by Crippen LogP contribution is -2.14. The highest BCUT2D eigenvalue weighted by atomic mass is 35.5. The van der Waals surface area contributed by atoms with Crippen molar-refractivity contribution in [3.8, 4) is 6.07 Å². The van der Waals surface area contributed by atoms with Gasteiger partial charge in [-0.1, -0.05) is 11.6 Å². The Balaban J connectivity index is 2.16. The van der Waals surface area contributed by atoms with Crippen LogP contribution in [0.2, 0.25) is 0 Å². The monoisotopic (exact) mass is 244 g/mol. The Morgan fingerprint density at radius 1 is 1.47 bits per heavy atom. The van der Waals surface area contributed by atoms with Crippen molar-refractivity contribution in [3.63, 3.8) is 0 Å². The quantitative estimate of drug-likeness (QED) is 0.763. The SMILES string of the molecule is N#CC1=C(Cl)c2cc(C3CC3)ncc2CC1=O. The Bertz CT molecular complexity index is 594. The topological polar surface area (TPSA) is 53.8 Å². The van der Waals surface area contributed by atoms with E-state index in [2.05, 4.69) is 4.98 Å². The average molecular weight is 245 g/mol. The van der Waals surface area contributed by atoms with Gasteiger partial charge in [-0.15, -0.1) is 0 Å². The molecule has 0 atom stereocenters. The van der Waals surface area contributed by atoms with Gasteiger partial charge in [-0.05, 0) is 24.5 Å². The van der Waals surface area contributed by atoms with Crippen molar-refractivity contribution >= 4 is 22.4 Å². The van der Waals surface area contributed by atoms with Crippen LogP contribution in [0.25, 0.3) is 5.03 Å². The van der Waals surface area contributed by atoms with Gasteiger partial charge >= 0.3 is 0 Å². The van der Waals surface area contributed by atoms with Crippen LogP contribution in [0, 0.1) is 11.3 Å². The highest BCUT2D eigenvalue weighted by molar-refractivity contribution is 6.52. The number of fused-ring (bicyclic) bond motifs is 1. The Morgan fingerprint density at radius 2 is 2.24 bits per heavy atom. The second-order valence-corrected chi connectivity index (χ2v) is 4.82. The maximum Gasteiger partial charge on any atom is 0.179 e. The van der Waals surface area contributed by atoms with E-state index >= 15 is 0 Å². The van der Waals surface area contributed by atoms with Gasteiger partial charge in [-0.3, -0.25) is 9.78 Å². The number of carbonyl (C=O) groups is 1. The Morgan fingerprint density at radius 3 is 2.88 bits per heavy atom. The predicted octanol–water partition coefficient (Wildman–Crippen LogP) is 2.56. The van der Waals surface area contributed by atoms with E-state index in [4.69, 9.17) is 16.9 Å². The van der Waals surface area contributed by atoms with Gasteiger partial charge in [0.1, 0.15) is 11.6 Å². The number of aromatic nitrogens is 1. The second-order valence-electron chi connectivity index (χ2n) is 4.44. The maximum atomic E-state index is 11.6. The van der Waals surface area contributed by atoms with E-state index in [1.807, 2.05) is 12.1 Å². The normalized spacial score (nSPS) is 18.9. The lowest BCUT2D eigenvalue weighted by atomic mass is 9.92. The zero-order chi connectivity index (χ0) is 12.0. The molecule has 0 radical (unpaired) electrons. The van der Waals surface area contributed by atoms with Gasteiger partial charge < -0.3 is 0 Å². The third-order valence-corrected chi connectivity index (χ3v) is 3.59. The summed E-state index contributed by atoms with van der Waals surface area (Å²) in [5.74, 6) is 0.318. The fourth-order valence-electron chi connectivity index (χ4n) is 2.08. The molecule has 0 amide bonds. The fraction of sp³-hybridized carbons (Fsp3) is 0.308. The summed E-state index contributed by atoms with van der Waals surface area (Å²) in [4.78, 5) is 16.0. The number of hydrogen-bond donors (Lipinski definition) is 0. The smallest absolute Gasteiger partial charge is 0.179 e. The van der Waals surface area contributed by atoms with Crippen LogP contribution >= 0.6 is 11.6 Å². The van der Waals surface area contributed by atoms with Crippen molar-refractivity contribution in [3.05, 3.63) is 34.7 Å². The molecule has 1 fully saturated rings. The molecular weight excluding hydrogens is 236 g/mol. The fourth-order valence-corrected chi connectivity index (χ4v) is 2.40. The van der Waals surface area contributed by atoms with Gasteiger partial charge in [-0.25, -0.2) is 0 Å². The molecule has 0 aliphatic heterocycles. The molecule has 17 heavy (non-hydrogen) atoms. The molecule has 3 nitrogen and oxygen atoms in total. The van der Waals surface area contributed by atoms with Crippen LogP contribution in [0.4, 0.5) is 0 Å². The van der Waals surface area contributed by atoms with Crippen molar-refractivity contribution in [2.45, 2.75) is 25.2 Å². The Hall–Kier alpha value is -1.66. The molecule has 1 aromatic heterocycles. The molecule has 3 rings (SSSR count). The largest absolute Gasteiger partial charge is 0.293 e. The molecule has 0 bridgehead atoms. The minimum Gasteiger partial charge on any atom is -0.293 e. The number of Topliss-reactive ketones (excluding diaryl/α,β-unsaturated/α-hetero) is 1. The molecule has 0 unspecified atom stereocenters. The van der Waals surface area contributed by atoms with E-state index in [-0.39, 0.29) is 22.8 Å². The number of allylic oxidation sites excluding steroid dienone is 1. The minimum absolute atomic E-state index is 0.0760. The van der Waals surface area contributed by atoms with E-state index in [1.165, 1.54) is 0 Å². The van der Waals surface area contributed by atoms with Crippen molar-refractivity contribution in [1.29, 1.82) is 5.26 Å². The summed E-state index contributed by atoms with van der Waals surface area (Å²) in [5.41, 5.74) is 2.73. The number of rotatable bonds is 1. The minimum atomic E-state index is -0.217. The van der Waals surface area contributed by atoms with Gasteiger partial charge in [-0.2, -0.15) is 5.26 Å². The van der Waals surface area contributed by atoms with E-state index in [0.29, 0.717) is 5.92 Å². The molecule has 2 aliphatic carbocycles. The summed E-state index contributed by atoms with van der Waals surface area (Å²) in [6.07, 6.45) is 4.28. The van der Waals surface area contributed by atoms with Crippen LogP contribution in [-0.4, -0.2) is 10.8 Å². The van der Waals surface area contributed by atoms with Crippen LogP contribution in [0.5, 0.6) is 0 Å². The van der Waals surface area contributed by atoms with Crippen LogP contribution in [-0.2, 0) is 11.2 Å². The maximum absolute atomic E-state index is 11.6. The van der Waals surface area contributed by atoms with Gasteiger partial charge in [0.05, 0.1) is 5.03 Å². The van der Waals surface area contributed by atoms with E-state index in [1.54, 1.807) is 6.20 Å². The number of pyridine rings is 1. The van der Waals surface area contributed by atoms with Crippen LogP contribution in [0.1, 0.15) is 35.6 Å². The summed E-state index contributed by atoms with van der Waals surface area (Å²) < 4.78 is 0. The Labute approximate surface area is 104 Å². The molecule has 0 N–H and O–H groups in total. The number of nitrogens with zero attached hydrogens (tertiary/aromatic N) is 2. The number of hydrogen-bond acceptors (Lipinski definition) is 3. The van der Waals surface area contributed by atoms with Gasteiger partial charge in [0.25, 0.3) is 0 Å². The summed E-state index contributed by atoms with van der Waals surface area (Å²) >= 11 is 6.11. The van der Waals surface area contributed by atoms with Crippen LogP contribution in [0.3, 0.4) is 0 Å². The third-order valence-electron chi connectivity index (χ3n) is 3.20. The van der Waals surface area contributed by atoms with Crippen LogP contribution in [0.15, 0.2) is 17.8 Å². The number of nitriles is 1. The van der Waals surface area contributed by atoms with E-state index < -0.39 is 0 Å². The number of ketones is 1. The van der Waals surface area contributed by atoms with Crippen LogP contribution < -0.4 is 0 Å². The highest BCUT2D eigenvalue weighted by Gasteiger charge is 2.29. The molecule has 0 spiro atoms. The highest BCUT2D eigenvalue weighted by Crippen LogP contribution is 2.41. The first kappa shape index (κ1) is 10.5. The van der Waals surface area contributed by atoms with Crippen molar-refractivity contribution in [2.75, 3.05) is 0 Å². The lowest BCUT2D eigenvalue weighted by molar-refractivity contribution is -0.114. The number of halogens is 1. The molecule has 1 aromatic rings. The summed E-state index contributed by atoms with van der Waals surface area (Å²) in [6, 6.07) is 3.82. The third kappa shape index (κ3) is 1.65. The molecule has 4 heteroatoms. The summed E-state index contributed by atoms with van der Waals surface area (Å²) in [7, 11) is 0. The average Bonchev–Trinajstić information content (AvgIpc) is 3.13. The summed E-state index contributed by atoms with van der Waals surface area (Å²) in [6.45, 7) is 0. The van der Waals surface area contributed by atoms with Gasteiger partial charge in [0.2, 0.25) is 0 Å². The first-order chi connectivity index (χ1) is 8.20. The summed E-state index contributed by atoms with van der Waals surface area (Å²) in [5, 5.41) is 9.20. The van der Waals surface area contributed by atoms with Gasteiger partial charge in [0, 0.05) is 29.8 Å². The lowest BCUT2D eigenvalue weighted by Gasteiger charge is -2.15. The zero-order valence-electron chi connectivity index (χ0n) is 9.03. The molecule has 1 heterocycles. The molecule has 1 saturated carbocycles. The molecule has 84 valence electrons. The van der Waals surface area contributed by atoms with E-state index in [9.17, 15) is 4.79 Å². The second kappa shape index (κ2) is 3.68. The first-order valence-electron chi connectivity index (χ1n) is 5.53. The van der Waals surface area contributed by atoms with Crippen molar-refractivity contribution in [1.82, 2.24) is 4.98 Å². The Kier molecular flexibility index (Phi) is 2.27. The number of carbonyl (C=O) groups excluding carboxylic acids is 1. The van der Waals surface area contributed by atoms with Crippen molar-refractivity contribution < 1.29 is 4.79 Å². The molecular formula is C13H9ClN2O. The zero-order valence-corrected chi connectivity index (χ0v) is 9.79. The first-order valence-corrected chi connectivity index (χ1v) is 5.90. The standard InChI is InChI=1S/C13H9ClN2O/c14-13-9-4-11(7-1-2-7)16-6-8(9)3-12(17)10(13)5-15/h4,6-7H,1-3H2.